The van der Waals surface area contributed by atoms with Crippen molar-refractivity contribution in [2.75, 3.05) is 50.6 Å². The molecule has 0 unspecified atom stereocenters. The van der Waals surface area contributed by atoms with Crippen molar-refractivity contribution in [1.82, 2.24) is 4.90 Å². The summed E-state index contributed by atoms with van der Waals surface area (Å²) in [5.41, 5.74) is 1.21. The number of carbonyl (C=O) groups excluding carboxylic acids is 2. The fraction of sp³-hybridized carbons (Fsp3) is 0.310. The molecule has 1 aliphatic rings. The first-order valence-corrected chi connectivity index (χ1v) is 13.1. The van der Waals surface area contributed by atoms with Crippen molar-refractivity contribution in [3.8, 4) is 17.2 Å². The molecule has 8 nitrogen and oxygen atoms in total. The van der Waals surface area contributed by atoms with Crippen LogP contribution in [0.1, 0.15) is 24.2 Å². The van der Waals surface area contributed by atoms with E-state index in [-0.39, 0.29) is 11.8 Å². The molecule has 1 heterocycles. The lowest BCUT2D eigenvalue weighted by Crippen LogP contribution is -2.48. The maximum atomic E-state index is 13.1. The highest BCUT2D eigenvalue weighted by Gasteiger charge is 2.30. The molecule has 0 saturated carbocycles. The maximum Gasteiger partial charge on any atom is 0.267 e. The Kier molecular flexibility index (Phi) is 8.46. The molecular formula is C29H32BrN3O5. The van der Waals surface area contributed by atoms with Gasteiger partial charge in [0.25, 0.3) is 11.8 Å². The van der Waals surface area contributed by atoms with Gasteiger partial charge in [0.1, 0.15) is 17.2 Å². The number of piperazine rings is 1. The minimum Gasteiger partial charge on any atom is -0.497 e. The predicted molar refractivity (Wildman–Crippen MR) is 152 cm³/mol. The van der Waals surface area contributed by atoms with E-state index in [0.29, 0.717) is 54.7 Å². The molecule has 2 amide bonds. The summed E-state index contributed by atoms with van der Waals surface area (Å²) in [5, 5.41) is 2.94. The summed E-state index contributed by atoms with van der Waals surface area (Å²) in [7, 11) is 3.13. The Hall–Kier alpha value is -3.72. The molecule has 1 fully saturated rings. The van der Waals surface area contributed by atoms with Crippen molar-refractivity contribution < 1.29 is 23.8 Å². The maximum absolute atomic E-state index is 13.1. The summed E-state index contributed by atoms with van der Waals surface area (Å²) in [5.74, 6) is 1.50. The normalized spacial score (nSPS) is 13.6. The topological polar surface area (TPSA) is 80.3 Å². The van der Waals surface area contributed by atoms with Gasteiger partial charge in [-0.2, -0.15) is 0 Å². The standard InChI is InChI=1S/C29H32BrN3O5/c1-29(2,38-24-11-5-21(30)6-12-24)28(35)31-22-7-9-23(10-8-22)32-13-15-33(16-14-32)27(34)20-17-25(36-3)19-26(18-20)37-4/h5-12,17-19H,13-16H2,1-4H3,(H,31,35). The van der Waals surface area contributed by atoms with E-state index in [4.69, 9.17) is 14.2 Å². The van der Waals surface area contributed by atoms with Crippen molar-refractivity contribution in [3.63, 3.8) is 0 Å². The fourth-order valence-electron chi connectivity index (χ4n) is 4.16. The van der Waals surface area contributed by atoms with Gasteiger partial charge in [-0.05, 0) is 74.5 Å². The summed E-state index contributed by atoms with van der Waals surface area (Å²) in [6.45, 7) is 6.07. The fourth-order valence-corrected chi connectivity index (χ4v) is 4.43. The molecule has 3 aromatic rings. The van der Waals surface area contributed by atoms with Crippen LogP contribution >= 0.6 is 15.9 Å². The third-order valence-corrected chi connectivity index (χ3v) is 6.92. The zero-order chi connectivity index (χ0) is 27.3. The Morgan fingerprint density at radius 2 is 1.39 bits per heavy atom. The number of methoxy groups -OCH3 is 2. The van der Waals surface area contributed by atoms with E-state index < -0.39 is 5.60 Å². The van der Waals surface area contributed by atoms with Crippen LogP contribution in [0.15, 0.2) is 71.2 Å². The lowest BCUT2D eigenvalue weighted by molar-refractivity contribution is -0.128. The van der Waals surface area contributed by atoms with Crippen LogP contribution in [-0.2, 0) is 4.79 Å². The molecule has 0 atom stereocenters. The van der Waals surface area contributed by atoms with E-state index in [2.05, 4.69) is 26.1 Å². The number of halogens is 1. The van der Waals surface area contributed by atoms with E-state index in [9.17, 15) is 9.59 Å². The number of hydrogen-bond donors (Lipinski definition) is 1. The second kappa shape index (κ2) is 11.8. The monoisotopic (exact) mass is 581 g/mol. The molecule has 1 aliphatic heterocycles. The number of ether oxygens (including phenoxy) is 3. The first-order chi connectivity index (χ1) is 18.2. The van der Waals surface area contributed by atoms with Gasteiger partial charge < -0.3 is 29.3 Å². The van der Waals surface area contributed by atoms with Crippen LogP contribution in [0, 0.1) is 0 Å². The van der Waals surface area contributed by atoms with Gasteiger partial charge in [-0.3, -0.25) is 9.59 Å². The third-order valence-electron chi connectivity index (χ3n) is 6.39. The second-order valence-corrected chi connectivity index (χ2v) is 10.4. The average Bonchev–Trinajstić information content (AvgIpc) is 2.94. The van der Waals surface area contributed by atoms with Gasteiger partial charge in [-0.1, -0.05) is 15.9 Å². The van der Waals surface area contributed by atoms with Gasteiger partial charge in [0.05, 0.1) is 14.2 Å². The highest BCUT2D eigenvalue weighted by atomic mass is 79.9. The number of nitrogens with one attached hydrogen (secondary N) is 1. The number of rotatable bonds is 8. The summed E-state index contributed by atoms with van der Waals surface area (Å²) in [6, 6.07) is 20.3. The number of amides is 2. The molecule has 1 saturated heterocycles. The summed E-state index contributed by atoms with van der Waals surface area (Å²) in [6.07, 6.45) is 0. The van der Waals surface area contributed by atoms with E-state index in [1.165, 1.54) is 0 Å². The first-order valence-electron chi connectivity index (χ1n) is 12.3. The lowest BCUT2D eigenvalue weighted by Gasteiger charge is -2.36. The highest BCUT2D eigenvalue weighted by molar-refractivity contribution is 9.10. The quantitative estimate of drug-likeness (QED) is 0.392. The smallest absolute Gasteiger partial charge is 0.267 e. The Bertz CT molecular complexity index is 1250. The van der Waals surface area contributed by atoms with Crippen LogP contribution < -0.4 is 24.4 Å². The van der Waals surface area contributed by atoms with Crippen molar-refractivity contribution >= 4 is 39.1 Å². The van der Waals surface area contributed by atoms with Gasteiger partial charge in [-0.25, -0.2) is 0 Å². The highest BCUT2D eigenvalue weighted by Crippen LogP contribution is 2.26. The van der Waals surface area contributed by atoms with Crippen LogP contribution in [0.3, 0.4) is 0 Å². The molecule has 4 rings (SSSR count). The van der Waals surface area contributed by atoms with Crippen LogP contribution in [0.25, 0.3) is 0 Å². The van der Waals surface area contributed by atoms with Gasteiger partial charge in [0.15, 0.2) is 5.60 Å². The molecular weight excluding hydrogens is 550 g/mol. The number of anilines is 2. The Morgan fingerprint density at radius 1 is 0.816 bits per heavy atom. The minimum atomic E-state index is -1.05. The van der Waals surface area contributed by atoms with Gasteiger partial charge >= 0.3 is 0 Å². The van der Waals surface area contributed by atoms with Crippen molar-refractivity contribution in [3.05, 3.63) is 76.8 Å². The van der Waals surface area contributed by atoms with Crippen LogP contribution in [0.5, 0.6) is 17.2 Å². The van der Waals surface area contributed by atoms with Crippen molar-refractivity contribution in [2.45, 2.75) is 19.4 Å². The molecule has 0 aromatic heterocycles. The molecule has 0 radical (unpaired) electrons. The Balaban J connectivity index is 1.32. The number of carbonyl (C=O) groups is 2. The Labute approximate surface area is 231 Å². The average molecular weight is 582 g/mol. The number of hydrogen-bond acceptors (Lipinski definition) is 6. The summed E-state index contributed by atoms with van der Waals surface area (Å²) >= 11 is 3.40. The molecule has 200 valence electrons. The van der Waals surface area contributed by atoms with E-state index in [1.807, 2.05) is 53.4 Å². The van der Waals surface area contributed by atoms with Crippen LogP contribution in [0.4, 0.5) is 11.4 Å². The van der Waals surface area contributed by atoms with Gasteiger partial charge in [-0.15, -0.1) is 0 Å². The van der Waals surface area contributed by atoms with Gasteiger partial charge in [0.2, 0.25) is 0 Å². The SMILES string of the molecule is COc1cc(OC)cc(C(=O)N2CCN(c3ccc(NC(=O)C(C)(C)Oc4ccc(Br)cc4)cc3)CC2)c1. The molecule has 9 heteroatoms. The number of benzene rings is 3. The Morgan fingerprint density at radius 3 is 1.95 bits per heavy atom. The second-order valence-electron chi connectivity index (χ2n) is 9.45. The zero-order valence-corrected chi connectivity index (χ0v) is 23.6. The van der Waals surface area contributed by atoms with Crippen LogP contribution in [-0.4, -0.2) is 62.7 Å². The van der Waals surface area contributed by atoms with Crippen molar-refractivity contribution in [1.29, 1.82) is 0 Å². The summed E-state index contributed by atoms with van der Waals surface area (Å²) in [4.78, 5) is 30.0. The van der Waals surface area contributed by atoms with E-state index >= 15 is 0 Å². The van der Waals surface area contributed by atoms with Crippen LogP contribution in [0.2, 0.25) is 0 Å². The first kappa shape index (κ1) is 27.3. The largest absolute Gasteiger partial charge is 0.497 e. The minimum absolute atomic E-state index is 0.0483. The lowest BCUT2D eigenvalue weighted by atomic mass is 10.1. The molecule has 0 aliphatic carbocycles. The molecule has 1 N–H and O–H groups in total. The molecule has 0 bridgehead atoms. The predicted octanol–water partition coefficient (Wildman–Crippen LogP) is 5.22. The molecule has 38 heavy (non-hydrogen) atoms. The number of nitrogens with zero attached hydrogens (tertiary/aromatic N) is 2. The zero-order valence-electron chi connectivity index (χ0n) is 22.0. The molecule has 3 aromatic carbocycles. The van der Waals surface area contributed by atoms with E-state index in [1.54, 1.807) is 46.3 Å². The van der Waals surface area contributed by atoms with E-state index in [0.717, 1.165) is 10.2 Å². The summed E-state index contributed by atoms with van der Waals surface area (Å²) < 4.78 is 17.4. The van der Waals surface area contributed by atoms with Crippen molar-refractivity contribution in [2.24, 2.45) is 0 Å². The molecule has 0 spiro atoms. The third kappa shape index (κ3) is 6.58. The van der Waals surface area contributed by atoms with Gasteiger partial charge in [0, 0.05) is 53.7 Å².